The van der Waals surface area contributed by atoms with Crippen LogP contribution in [0.1, 0.15) is 44.3 Å². The second kappa shape index (κ2) is 5.33. The number of aryl methyl sites for hydroxylation is 1. The lowest BCUT2D eigenvalue weighted by Gasteiger charge is -1.98. The summed E-state index contributed by atoms with van der Waals surface area (Å²) in [6.45, 7) is 3.93. The number of aliphatic hydroxyl groups is 1. The Labute approximate surface area is 103 Å². The molecular formula is C10H14N4O2S. The molecule has 17 heavy (non-hydrogen) atoms. The van der Waals surface area contributed by atoms with Crippen LogP contribution in [0.5, 0.6) is 0 Å². The number of aromatic nitrogens is 4. The van der Waals surface area contributed by atoms with Crippen molar-refractivity contribution in [3.63, 3.8) is 0 Å². The maximum absolute atomic E-state index is 9.60. The van der Waals surface area contributed by atoms with E-state index in [1.807, 2.05) is 6.92 Å². The molecule has 0 fully saturated rings. The van der Waals surface area contributed by atoms with Gasteiger partial charge in [-0.2, -0.15) is 4.98 Å². The number of aliphatic hydroxyl groups excluding tert-OH is 1. The standard InChI is InChI=1S/C10H14N4O2S/c1-3-5-6-8(17-14-12-6)10-11-9(13-16-10)7(15)4-2/h7,15H,3-5H2,1-2H3. The van der Waals surface area contributed by atoms with E-state index >= 15 is 0 Å². The summed E-state index contributed by atoms with van der Waals surface area (Å²) in [5.41, 5.74) is 0.874. The Morgan fingerprint density at radius 1 is 1.41 bits per heavy atom. The molecule has 0 saturated heterocycles. The van der Waals surface area contributed by atoms with Gasteiger partial charge in [0, 0.05) is 0 Å². The number of nitrogens with zero attached hydrogens (tertiary/aromatic N) is 4. The van der Waals surface area contributed by atoms with Crippen LogP contribution < -0.4 is 0 Å². The summed E-state index contributed by atoms with van der Waals surface area (Å²) in [4.78, 5) is 4.97. The Morgan fingerprint density at radius 2 is 2.24 bits per heavy atom. The van der Waals surface area contributed by atoms with Crippen LogP contribution in [0.2, 0.25) is 0 Å². The first-order valence-corrected chi connectivity index (χ1v) is 6.36. The largest absolute Gasteiger partial charge is 0.385 e. The summed E-state index contributed by atoms with van der Waals surface area (Å²) < 4.78 is 9.02. The Hall–Kier alpha value is -1.34. The molecule has 0 saturated carbocycles. The minimum Gasteiger partial charge on any atom is -0.385 e. The Morgan fingerprint density at radius 3 is 2.94 bits per heavy atom. The molecule has 2 aromatic rings. The first-order valence-electron chi connectivity index (χ1n) is 5.59. The maximum atomic E-state index is 9.60. The minimum atomic E-state index is -0.678. The second-order valence-electron chi connectivity index (χ2n) is 3.68. The number of rotatable bonds is 5. The molecule has 1 atom stereocenters. The van der Waals surface area contributed by atoms with Gasteiger partial charge < -0.3 is 9.63 Å². The third kappa shape index (κ3) is 2.50. The van der Waals surface area contributed by atoms with Gasteiger partial charge in [0.2, 0.25) is 5.82 Å². The minimum absolute atomic E-state index is 0.318. The summed E-state index contributed by atoms with van der Waals surface area (Å²) in [6, 6.07) is 0. The summed E-state index contributed by atoms with van der Waals surface area (Å²) >= 11 is 1.24. The summed E-state index contributed by atoms with van der Waals surface area (Å²) in [5.74, 6) is 0.712. The van der Waals surface area contributed by atoms with Gasteiger partial charge in [-0.05, 0) is 24.4 Å². The topological polar surface area (TPSA) is 84.9 Å². The van der Waals surface area contributed by atoms with E-state index in [2.05, 4.69) is 26.7 Å². The van der Waals surface area contributed by atoms with E-state index in [1.165, 1.54) is 11.5 Å². The molecule has 2 heterocycles. The van der Waals surface area contributed by atoms with Crippen molar-refractivity contribution in [1.29, 1.82) is 0 Å². The van der Waals surface area contributed by atoms with Gasteiger partial charge >= 0.3 is 0 Å². The third-order valence-corrected chi connectivity index (χ3v) is 3.12. The van der Waals surface area contributed by atoms with E-state index in [0.717, 1.165) is 23.4 Å². The van der Waals surface area contributed by atoms with Crippen molar-refractivity contribution in [2.45, 2.75) is 39.2 Å². The highest BCUT2D eigenvalue weighted by molar-refractivity contribution is 7.09. The van der Waals surface area contributed by atoms with Crippen molar-refractivity contribution in [3.05, 3.63) is 11.5 Å². The van der Waals surface area contributed by atoms with Gasteiger partial charge in [-0.25, -0.2) is 0 Å². The SMILES string of the molecule is CCCc1nnsc1-c1nc(C(O)CC)no1. The van der Waals surface area contributed by atoms with Gasteiger partial charge in [-0.1, -0.05) is 29.9 Å². The predicted octanol–water partition coefficient (Wildman–Crippen LogP) is 1.98. The molecular weight excluding hydrogens is 240 g/mol. The molecule has 0 spiro atoms. The van der Waals surface area contributed by atoms with Gasteiger partial charge in [0.05, 0.1) is 5.69 Å². The van der Waals surface area contributed by atoms with E-state index < -0.39 is 6.10 Å². The first-order chi connectivity index (χ1) is 8.26. The van der Waals surface area contributed by atoms with Gasteiger partial charge in [0.15, 0.2) is 0 Å². The molecule has 2 rings (SSSR count). The lowest BCUT2D eigenvalue weighted by Crippen LogP contribution is -1.97. The molecule has 0 aliphatic carbocycles. The van der Waals surface area contributed by atoms with Crippen molar-refractivity contribution < 1.29 is 9.63 Å². The van der Waals surface area contributed by atoms with Crippen molar-refractivity contribution in [2.75, 3.05) is 0 Å². The molecule has 0 bridgehead atoms. The maximum Gasteiger partial charge on any atom is 0.271 e. The fraction of sp³-hybridized carbons (Fsp3) is 0.600. The van der Waals surface area contributed by atoms with Crippen LogP contribution in [0.15, 0.2) is 4.52 Å². The van der Waals surface area contributed by atoms with Gasteiger partial charge in [-0.15, -0.1) is 5.10 Å². The molecule has 0 aliphatic rings. The Kier molecular flexibility index (Phi) is 3.80. The Bertz CT molecular complexity index is 482. The molecule has 2 aromatic heterocycles. The molecule has 7 heteroatoms. The molecule has 0 amide bonds. The van der Waals surface area contributed by atoms with Crippen LogP contribution in [0.25, 0.3) is 10.8 Å². The molecule has 92 valence electrons. The van der Waals surface area contributed by atoms with Crippen molar-refractivity contribution in [1.82, 2.24) is 19.7 Å². The van der Waals surface area contributed by atoms with Gasteiger partial charge in [0.25, 0.3) is 5.89 Å². The van der Waals surface area contributed by atoms with Crippen LogP contribution in [-0.4, -0.2) is 24.8 Å². The number of hydrogen-bond acceptors (Lipinski definition) is 7. The molecule has 0 aliphatic heterocycles. The van der Waals surface area contributed by atoms with Crippen molar-refractivity contribution in [2.24, 2.45) is 0 Å². The molecule has 1 N–H and O–H groups in total. The number of hydrogen-bond donors (Lipinski definition) is 1. The van der Waals surface area contributed by atoms with E-state index in [9.17, 15) is 5.11 Å². The van der Waals surface area contributed by atoms with Crippen molar-refractivity contribution in [3.8, 4) is 10.8 Å². The quantitative estimate of drug-likeness (QED) is 0.878. The highest BCUT2D eigenvalue weighted by atomic mass is 32.1. The van der Waals surface area contributed by atoms with E-state index in [1.54, 1.807) is 0 Å². The molecule has 0 radical (unpaired) electrons. The molecule has 6 nitrogen and oxygen atoms in total. The average molecular weight is 254 g/mol. The monoisotopic (exact) mass is 254 g/mol. The molecule has 1 unspecified atom stereocenters. The third-order valence-electron chi connectivity index (χ3n) is 2.36. The fourth-order valence-electron chi connectivity index (χ4n) is 1.42. The van der Waals surface area contributed by atoms with Gasteiger partial charge in [0.1, 0.15) is 11.0 Å². The zero-order valence-electron chi connectivity index (χ0n) is 9.75. The zero-order valence-corrected chi connectivity index (χ0v) is 10.6. The normalized spacial score (nSPS) is 12.9. The highest BCUT2D eigenvalue weighted by Gasteiger charge is 2.19. The summed E-state index contributed by atoms with van der Waals surface area (Å²) in [6.07, 6.45) is 1.70. The zero-order chi connectivity index (χ0) is 12.3. The lowest BCUT2D eigenvalue weighted by atomic mass is 10.2. The summed E-state index contributed by atoms with van der Waals surface area (Å²) in [5, 5.41) is 17.4. The van der Waals surface area contributed by atoms with E-state index in [4.69, 9.17) is 4.52 Å². The van der Waals surface area contributed by atoms with Crippen LogP contribution in [-0.2, 0) is 6.42 Å². The smallest absolute Gasteiger partial charge is 0.271 e. The van der Waals surface area contributed by atoms with Crippen LogP contribution in [0, 0.1) is 0 Å². The predicted molar refractivity (Wildman–Crippen MR) is 62.4 cm³/mol. The van der Waals surface area contributed by atoms with E-state index in [0.29, 0.717) is 18.1 Å². The van der Waals surface area contributed by atoms with Crippen molar-refractivity contribution >= 4 is 11.5 Å². The first kappa shape index (κ1) is 12.1. The van der Waals surface area contributed by atoms with Crippen LogP contribution in [0.4, 0.5) is 0 Å². The molecule has 0 aromatic carbocycles. The highest BCUT2D eigenvalue weighted by Crippen LogP contribution is 2.26. The van der Waals surface area contributed by atoms with Gasteiger partial charge in [-0.3, -0.25) is 0 Å². The lowest BCUT2D eigenvalue weighted by molar-refractivity contribution is 0.159. The average Bonchev–Trinajstić information content (AvgIpc) is 2.96. The van der Waals surface area contributed by atoms with Crippen LogP contribution >= 0.6 is 11.5 Å². The van der Waals surface area contributed by atoms with E-state index in [-0.39, 0.29) is 0 Å². The second-order valence-corrected chi connectivity index (χ2v) is 4.43. The summed E-state index contributed by atoms with van der Waals surface area (Å²) in [7, 11) is 0. The van der Waals surface area contributed by atoms with Crippen LogP contribution in [0.3, 0.4) is 0 Å². The Balaban J connectivity index is 2.27. The fourth-order valence-corrected chi connectivity index (χ4v) is 2.05.